The number of benzene rings is 3. The van der Waals surface area contributed by atoms with Crippen molar-refractivity contribution in [2.24, 2.45) is 0 Å². The highest BCUT2D eigenvalue weighted by Gasteiger charge is 2.20. The number of carbonyl (C=O) groups excluding carboxylic acids is 1. The summed E-state index contributed by atoms with van der Waals surface area (Å²) < 4.78 is 22.1. The fourth-order valence-corrected chi connectivity index (χ4v) is 5.29. The third-order valence-electron chi connectivity index (χ3n) is 7.42. The summed E-state index contributed by atoms with van der Waals surface area (Å²) >= 11 is 0. The summed E-state index contributed by atoms with van der Waals surface area (Å²) in [5.74, 6) is -0.471. The van der Waals surface area contributed by atoms with Crippen LogP contribution in [0.5, 0.6) is 5.75 Å². The number of piperazine rings is 1. The maximum absolute atomic E-state index is 13.9. The van der Waals surface area contributed by atoms with E-state index in [1.54, 1.807) is 33.5 Å². The molecule has 3 heterocycles. The van der Waals surface area contributed by atoms with Crippen LogP contribution in [0.3, 0.4) is 0 Å². The molecule has 1 aliphatic heterocycles. The van der Waals surface area contributed by atoms with Crippen molar-refractivity contribution >= 4 is 28.4 Å². The Bertz CT molecular complexity index is 1810. The lowest BCUT2D eigenvalue weighted by molar-refractivity contribution is 0.0947. The highest BCUT2D eigenvalue weighted by atomic mass is 19.1. The molecule has 3 aromatic carbocycles. The average molecular weight is 568 g/mol. The zero-order valence-corrected chi connectivity index (χ0v) is 23.0. The van der Waals surface area contributed by atoms with Crippen molar-refractivity contribution in [2.45, 2.75) is 6.54 Å². The lowest BCUT2D eigenvalue weighted by Crippen LogP contribution is -2.43. The predicted molar refractivity (Wildman–Crippen MR) is 160 cm³/mol. The highest BCUT2D eigenvalue weighted by molar-refractivity contribution is 5.97. The van der Waals surface area contributed by atoms with Gasteiger partial charge in [-0.1, -0.05) is 12.1 Å². The minimum atomic E-state index is -0.529. The van der Waals surface area contributed by atoms with E-state index in [1.165, 1.54) is 19.2 Å². The van der Waals surface area contributed by atoms with Crippen LogP contribution in [0.1, 0.15) is 15.9 Å². The molecule has 1 fully saturated rings. The molecule has 0 spiro atoms. The Labute approximate surface area is 241 Å². The van der Waals surface area contributed by atoms with Crippen molar-refractivity contribution in [1.29, 1.82) is 0 Å². The minimum absolute atomic E-state index is 0.109. The van der Waals surface area contributed by atoms with E-state index < -0.39 is 11.7 Å². The molecule has 0 aliphatic carbocycles. The molecule has 5 aromatic rings. The molecule has 6 rings (SSSR count). The topological polar surface area (TPSA) is 119 Å². The van der Waals surface area contributed by atoms with Gasteiger partial charge in [0, 0.05) is 44.6 Å². The smallest absolute Gasteiger partial charge is 0.338 e. The molecule has 0 saturated carbocycles. The first kappa shape index (κ1) is 27.0. The number of ether oxygens (including phenoxy) is 1. The summed E-state index contributed by atoms with van der Waals surface area (Å²) in [5, 5.41) is 6.14. The molecule has 4 N–H and O–H groups in total. The number of amides is 1. The second-order valence-electron chi connectivity index (χ2n) is 9.96. The van der Waals surface area contributed by atoms with Gasteiger partial charge in [-0.3, -0.25) is 13.9 Å². The molecule has 0 unspecified atom stereocenters. The van der Waals surface area contributed by atoms with E-state index in [9.17, 15) is 14.0 Å². The largest absolute Gasteiger partial charge is 0.496 e. The second kappa shape index (κ2) is 11.4. The van der Waals surface area contributed by atoms with Crippen molar-refractivity contribution in [3.8, 4) is 17.1 Å². The molecule has 11 heteroatoms. The molecule has 0 radical (unpaired) electrons. The number of nitrogens with one attached hydrogen (secondary N) is 2. The second-order valence-corrected chi connectivity index (χ2v) is 9.96. The Morgan fingerprint density at radius 2 is 1.64 bits per heavy atom. The first-order valence-electron chi connectivity index (χ1n) is 13.6. The lowest BCUT2D eigenvalue weighted by atomic mass is 10.1. The van der Waals surface area contributed by atoms with Crippen LogP contribution < -0.4 is 31.7 Å². The number of hydrogen-bond donors (Lipinski definition) is 3. The normalized spacial score (nSPS) is 13.3. The molecule has 0 atom stereocenters. The molecule has 1 amide bonds. The number of aromatic nitrogens is 3. The molecule has 2 aromatic heterocycles. The van der Waals surface area contributed by atoms with E-state index >= 15 is 0 Å². The predicted octanol–water partition coefficient (Wildman–Crippen LogP) is 3.25. The number of nitrogen functional groups attached to an aromatic ring is 1. The number of imidazole rings is 1. The fraction of sp³-hybridized carbons (Fsp3) is 0.194. The van der Waals surface area contributed by atoms with Crippen LogP contribution in [-0.2, 0) is 6.54 Å². The van der Waals surface area contributed by atoms with Crippen molar-refractivity contribution in [3.05, 3.63) is 106 Å². The van der Waals surface area contributed by atoms with Gasteiger partial charge in [-0.25, -0.2) is 14.2 Å². The van der Waals surface area contributed by atoms with Crippen molar-refractivity contribution < 1.29 is 13.9 Å². The van der Waals surface area contributed by atoms with Crippen LogP contribution in [0.4, 0.5) is 15.9 Å². The van der Waals surface area contributed by atoms with Gasteiger partial charge in [0.2, 0.25) is 0 Å². The number of pyridine rings is 1. The summed E-state index contributed by atoms with van der Waals surface area (Å²) in [6.45, 7) is 3.93. The molecule has 0 bridgehead atoms. The number of hydrogen-bond acceptors (Lipinski definition) is 7. The monoisotopic (exact) mass is 567 g/mol. The molecule has 214 valence electrons. The molecular weight excluding hydrogens is 537 g/mol. The molecular formula is C31H30FN7O3. The molecule has 1 aliphatic rings. The van der Waals surface area contributed by atoms with Crippen LogP contribution in [0.15, 0.2) is 83.8 Å². The first-order valence-corrected chi connectivity index (χ1v) is 13.6. The summed E-state index contributed by atoms with van der Waals surface area (Å²) in [4.78, 5) is 33.1. The van der Waals surface area contributed by atoms with E-state index in [4.69, 9.17) is 10.5 Å². The van der Waals surface area contributed by atoms with E-state index in [2.05, 4.69) is 20.5 Å². The van der Waals surface area contributed by atoms with Gasteiger partial charge in [-0.05, 0) is 66.2 Å². The van der Waals surface area contributed by atoms with Gasteiger partial charge in [0.15, 0.2) is 0 Å². The van der Waals surface area contributed by atoms with Gasteiger partial charge in [0.25, 0.3) is 5.91 Å². The number of halogens is 1. The Hall–Kier alpha value is -5.16. The van der Waals surface area contributed by atoms with Gasteiger partial charge in [-0.15, -0.1) is 0 Å². The van der Waals surface area contributed by atoms with E-state index in [-0.39, 0.29) is 29.4 Å². The SMILES string of the molecule is COc1ccc(F)cc1C(=O)NCc1ccc(-n2c(=O)n(-c3ccc(N4CCNCC4)cc3)c3ccnc(N)c32)cc1. The van der Waals surface area contributed by atoms with Gasteiger partial charge < -0.3 is 26.0 Å². The van der Waals surface area contributed by atoms with Gasteiger partial charge >= 0.3 is 5.69 Å². The van der Waals surface area contributed by atoms with Crippen molar-refractivity contribution in [2.75, 3.05) is 43.9 Å². The van der Waals surface area contributed by atoms with Crippen molar-refractivity contribution in [1.82, 2.24) is 24.8 Å². The van der Waals surface area contributed by atoms with Gasteiger partial charge in [0.1, 0.15) is 22.9 Å². The zero-order valence-electron chi connectivity index (χ0n) is 23.0. The van der Waals surface area contributed by atoms with Crippen LogP contribution in [0.2, 0.25) is 0 Å². The maximum Gasteiger partial charge on any atom is 0.338 e. The Balaban J connectivity index is 1.29. The number of nitrogens with zero attached hydrogens (tertiary/aromatic N) is 4. The number of methoxy groups -OCH3 is 1. The number of carbonyl (C=O) groups is 1. The van der Waals surface area contributed by atoms with Crippen molar-refractivity contribution in [3.63, 3.8) is 0 Å². The third-order valence-corrected chi connectivity index (χ3v) is 7.42. The zero-order chi connectivity index (χ0) is 29.2. The summed E-state index contributed by atoms with van der Waals surface area (Å²) in [6.07, 6.45) is 1.59. The lowest BCUT2D eigenvalue weighted by Gasteiger charge is -2.29. The first-order chi connectivity index (χ1) is 20.4. The number of rotatable bonds is 7. The van der Waals surface area contributed by atoms with Gasteiger partial charge in [-0.2, -0.15) is 0 Å². The highest BCUT2D eigenvalue weighted by Crippen LogP contribution is 2.26. The molecule has 42 heavy (non-hydrogen) atoms. The van der Waals surface area contributed by atoms with E-state index in [0.29, 0.717) is 16.7 Å². The molecule has 1 saturated heterocycles. The number of nitrogens with two attached hydrogens (primary N) is 1. The van der Waals surface area contributed by atoms with Crippen LogP contribution in [-0.4, -0.2) is 53.3 Å². The standard InChI is InChI=1S/C31H30FN7O3/c1-42-27-11-4-21(32)18-25(27)30(40)36-19-20-2-5-24(6-3-20)39-28-26(12-13-35-29(28)33)38(31(39)41)23-9-7-22(8-10-23)37-16-14-34-15-17-37/h2-13,18,34H,14-17,19H2,1H3,(H2,33,35)(H,36,40). The quantitative estimate of drug-likeness (QED) is 0.276. The third kappa shape index (κ3) is 5.06. The van der Waals surface area contributed by atoms with E-state index in [0.717, 1.165) is 49.2 Å². The van der Waals surface area contributed by atoms with Crippen LogP contribution in [0.25, 0.3) is 22.4 Å². The Kier molecular flexibility index (Phi) is 7.32. The summed E-state index contributed by atoms with van der Waals surface area (Å²) in [7, 11) is 1.42. The number of anilines is 2. The summed E-state index contributed by atoms with van der Waals surface area (Å²) in [6, 6.07) is 20.7. The maximum atomic E-state index is 13.9. The fourth-order valence-electron chi connectivity index (χ4n) is 5.29. The van der Waals surface area contributed by atoms with E-state index in [1.807, 2.05) is 36.4 Å². The Morgan fingerprint density at radius 3 is 2.36 bits per heavy atom. The van der Waals surface area contributed by atoms with Gasteiger partial charge in [0.05, 0.1) is 29.6 Å². The van der Waals surface area contributed by atoms with Crippen LogP contribution >= 0.6 is 0 Å². The average Bonchev–Trinajstić information content (AvgIpc) is 3.33. The summed E-state index contributed by atoms with van der Waals surface area (Å²) in [5.41, 5.74) is 10.5. The minimum Gasteiger partial charge on any atom is -0.496 e. The van der Waals surface area contributed by atoms with Crippen LogP contribution in [0, 0.1) is 5.82 Å². The molecule has 10 nitrogen and oxygen atoms in total. The number of fused-ring (bicyclic) bond motifs is 1. The Morgan fingerprint density at radius 1 is 0.976 bits per heavy atom.